The van der Waals surface area contributed by atoms with Gasteiger partial charge in [0.15, 0.2) is 0 Å². The third-order valence-electron chi connectivity index (χ3n) is 5.94. The van der Waals surface area contributed by atoms with Gasteiger partial charge in [0.05, 0.1) is 31.4 Å². The molecule has 0 N–H and O–H groups in total. The maximum absolute atomic E-state index is 13.0. The van der Waals surface area contributed by atoms with Crippen LogP contribution in [-0.2, 0) is 15.0 Å². The normalized spacial score (nSPS) is 22.1. The third-order valence-corrected chi connectivity index (χ3v) is 5.94. The molecule has 0 radical (unpaired) electrons. The SMILES string of the molecule is Cc1nc(OCC2COCCO2)cc(=O)n1C1(c2ccc(C#CC3CC3)cc2)CC1. The lowest BCUT2D eigenvalue weighted by Crippen LogP contribution is -2.35. The summed E-state index contributed by atoms with van der Waals surface area (Å²) in [7, 11) is 0. The summed E-state index contributed by atoms with van der Waals surface area (Å²) < 4.78 is 18.5. The minimum absolute atomic E-state index is 0.0894. The topological polar surface area (TPSA) is 62.6 Å². The van der Waals surface area contributed by atoms with Crippen molar-refractivity contribution >= 4 is 0 Å². The number of hydrogen-bond donors (Lipinski definition) is 0. The van der Waals surface area contributed by atoms with Gasteiger partial charge in [-0.1, -0.05) is 24.0 Å². The van der Waals surface area contributed by atoms with Crippen molar-refractivity contribution in [2.75, 3.05) is 26.4 Å². The molecule has 30 heavy (non-hydrogen) atoms. The summed E-state index contributed by atoms with van der Waals surface area (Å²) in [5.41, 5.74) is 1.76. The summed E-state index contributed by atoms with van der Waals surface area (Å²) in [5, 5.41) is 0. The summed E-state index contributed by atoms with van der Waals surface area (Å²) in [6, 6.07) is 9.79. The molecule has 1 atom stereocenters. The highest BCUT2D eigenvalue weighted by Crippen LogP contribution is 2.49. The van der Waals surface area contributed by atoms with Crippen LogP contribution in [0.3, 0.4) is 0 Å². The largest absolute Gasteiger partial charge is 0.475 e. The van der Waals surface area contributed by atoms with E-state index in [9.17, 15) is 4.79 Å². The molecule has 2 saturated carbocycles. The Labute approximate surface area is 176 Å². The van der Waals surface area contributed by atoms with Gasteiger partial charge in [0.1, 0.15) is 18.5 Å². The Morgan fingerprint density at radius 1 is 1.23 bits per heavy atom. The molecule has 3 aliphatic rings. The average molecular weight is 406 g/mol. The molecule has 2 aliphatic carbocycles. The van der Waals surface area contributed by atoms with Crippen molar-refractivity contribution in [2.45, 2.75) is 44.2 Å². The molecule has 1 unspecified atom stereocenters. The van der Waals surface area contributed by atoms with Gasteiger partial charge < -0.3 is 14.2 Å². The third kappa shape index (κ3) is 4.00. The Hall–Kier alpha value is -2.62. The van der Waals surface area contributed by atoms with E-state index in [2.05, 4.69) is 41.1 Å². The van der Waals surface area contributed by atoms with Gasteiger partial charge in [0.25, 0.3) is 5.56 Å². The van der Waals surface area contributed by atoms with Gasteiger partial charge in [-0.25, -0.2) is 4.98 Å². The lowest BCUT2D eigenvalue weighted by Gasteiger charge is -2.24. The molecule has 0 bridgehead atoms. The molecule has 156 valence electrons. The molecule has 1 aliphatic heterocycles. The molecule has 1 saturated heterocycles. The van der Waals surface area contributed by atoms with Crippen molar-refractivity contribution in [3.8, 4) is 17.7 Å². The zero-order valence-electron chi connectivity index (χ0n) is 17.2. The number of ether oxygens (including phenoxy) is 3. The second-order valence-corrected chi connectivity index (χ2v) is 8.35. The summed E-state index contributed by atoms with van der Waals surface area (Å²) >= 11 is 0. The van der Waals surface area contributed by atoms with E-state index in [1.165, 1.54) is 18.9 Å². The molecule has 0 amide bonds. The van der Waals surface area contributed by atoms with E-state index in [0.717, 1.165) is 24.0 Å². The standard InChI is InChI=1S/C24H26N2O4/c1-17-25-22(30-16-21-15-28-12-13-29-21)14-23(27)26(17)24(10-11-24)20-8-6-19(7-9-20)5-4-18-2-3-18/h6-9,14,18,21H,2-3,10-13,15-16H2,1H3. The predicted octanol–water partition coefficient (Wildman–Crippen LogP) is 2.64. The second-order valence-electron chi connectivity index (χ2n) is 8.35. The first-order valence-electron chi connectivity index (χ1n) is 10.7. The van der Waals surface area contributed by atoms with Gasteiger partial charge >= 0.3 is 0 Å². The van der Waals surface area contributed by atoms with E-state index >= 15 is 0 Å². The number of aryl methyl sites for hydroxylation is 1. The molecule has 1 aromatic heterocycles. The first-order chi connectivity index (χ1) is 14.6. The minimum atomic E-state index is -0.310. The Morgan fingerprint density at radius 3 is 2.67 bits per heavy atom. The van der Waals surface area contributed by atoms with Crippen molar-refractivity contribution in [2.24, 2.45) is 5.92 Å². The molecule has 2 aromatic rings. The maximum Gasteiger partial charge on any atom is 0.258 e. The van der Waals surface area contributed by atoms with Crippen LogP contribution in [0.1, 0.15) is 42.6 Å². The van der Waals surface area contributed by atoms with Crippen LogP contribution in [0.5, 0.6) is 5.88 Å². The zero-order chi connectivity index (χ0) is 20.6. The van der Waals surface area contributed by atoms with Crippen LogP contribution in [0.25, 0.3) is 0 Å². The van der Waals surface area contributed by atoms with Crippen LogP contribution < -0.4 is 10.3 Å². The summed E-state index contributed by atoms with van der Waals surface area (Å²) in [6.07, 6.45) is 4.18. The van der Waals surface area contributed by atoms with E-state index in [0.29, 0.717) is 44.0 Å². The van der Waals surface area contributed by atoms with Crippen molar-refractivity contribution in [1.82, 2.24) is 9.55 Å². The lowest BCUT2D eigenvalue weighted by atomic mass is 10.0. The number of benzene rings is 1. The molecule has 3 fully saturated rings. The van der Waals surface area contributed by atoms with Crippen LogP contribution in [0, 0.1) is 24.7 Å². The zero-order valence-corrected chi connectivity index (χ0v) is 17.2. The molecular weight excluding hydrogens is 380 g/mol. The van der Waals surface area contributed by atoms with E-state index < -0.39 is 0 Å². The highest BCUT2D eigenvalue weighted by molar-refractivity contribution is 5.41. The summed E-state index contributed by atoms with van der Waals surface area (Å²) in [6.45, 7) is 3.87. The second kappa shape index (κ2) is 7.90. The highest BCUT2D eigenvalue weighted by Gasteiger charge is 2.48. The number of aromatic nitrogens is 2. The van der Waals surface area contributed by atoms with Crippen LogP contribution in [0.4, 0.5) is 0 Å². The fourth-order valence-corrected chi connectivity index (χ4v) is 4.01. The first kappa shape index (κ1) is 19.3. The van der Waals surface area contributed by atoms with Gasteiger partial charge in [-0.15, -0.1) is 0 Å². The Morgan fingerprint density at radius 2 is 2.03 bits per heavy atom. The smallest absolute Gasteiger partial charge is 0.258 e. The van der Waals surface area contributed by atoms with Crippen LogP contribution in [0.2, 0.25) is 0 Å². The number of rotatable bonds is 5. The van der Waals surface area contributed by atoms with Crippen molar-refractivity contribution in [3.63, 3.8) is 0 Å². The van der Waals surface area contributed by atoms with E-state index in [1.807, 2.05) is 11.5 Å². The predicted molar refractivity (Wildman–Crippen MR) is 112 cm³/mol. The molecule has 0 spiro atoms. The van der Waals surface area contributed by atoms with E-state index in [-0.39, 0.29) is 17.2 Å². The fraction of sp³-hybridized carbons (Fsp3) is 0.500. The van der Waals surface area contributed by atoms with E-state index in [4.69, 9.17) is 14.2 Å². The summed E-state index contributed by atoms with van der Waals surface area (Å²) in [4.78, 5) is 17.5. The minimum Gasteiger partial charge on any atom is -0.475 e. The fourth-order valence-electron chi connectivity index (χ4n) is 4.01. The first-order valence-corrected chi connectivity index (χ1v) is 10.7. The highest BCUT2D eigenvalue weighted by atomic mass is 16.6. The quantitative estimate of drug-likeness (QED) is 0.715. The van der Waals surface area contributed by atoms with Crippen LogP contribution in [-0.4, -0.2) is 42.1 Å². The van der Waals surface area contributed by atoms with Crippen LogP contribution >= 0.6 is 0 Å². The summed E-state index contributed by atoms with van der Waals surface area (Å²) in [5.74, 6) is 8.13. The lowest BCUT2D eigenvalue weighted by molar-refractivity contribution is -0.102. The molecule has 6 heteroatoms. The molecular formula is C24H26N2O4. The van der Waals surface area contributed by atoms with Gasteiger partial charge in [0.2, 0.25) is 5.88 Å². The monoisotopic (exact) mass is 406 g/mol. The van der Waals surface area contributed by atoms with Gasteiger partial charge in [-0.3, -0.25) is 9.36 Å². The molecule has 6 nitrogen and oxygen atoms in total. The molecule has 1 aromatic carbocycles. The van der Waals surface area contributed by atoms with Crippen LogP contribution in [0.15, 0.2) is 35.1 Å². The average Bonchev–Trinajstić information content (AvgIpc) is 3.67. The Kier molecular flexibility index (Phi) is 5.10. The Balaban J connectivity index is 1.34. The van der Waals surface area contributed by atoms with Gasteiger partial charge in [-0.05, 0) is 50.3 Å². The van der Waals surface area contributed by atoms with Crippen molar-refractivity contribution in [3.05, 3.63) is 57.6 Å². The molecule has 2 heterocycles. The Bertz CT molecular complexity index is 1030. The van der Waals surface area contributed by atoms with Crippen molar-refractivity contribution < 1.29 is 14.2 Å². The van der Waals surface area contributed by atoms with Gasteiger partial charge in [-0.2, -0.15) is 0 Å². The maximum atomic E-state index is 13.0. The van der Waals surface area contributed by atoms with Crippen molar-refractivity contribution in [1.29, 1.82) is 0 Å². The van der Waals surface area contributed by atoms with Gasteiger partial charge in [0, 0.05) is 11.5 Å². The van der Waals surface area contributed by atoms with E-state index in [1.54, 1.807) is 0 Å². The number of nitrogens with zero attached hydrogens (tertiary/aromatic N) is 2. The number of hydrogen-bond acceptors (Lipinski definition) is 5. The molecule has 5 rings (SSSR count).